The topological polar surface area (TPSA) is 24.1 Å². The second-order valence-corrected chi connectivity index (χ2v) is 6.44. The van der Waals surface area contributed by atoms with Crippen LogP contribution in [-0.2, 0) is 0 Å². The highest BCUT2D eigenvalue weighted by molar-refractivity contribution is 5.23. The molecular weight excluding hydrogens is 244 g/mol. The second-order valence-electron chi connectivity index (χ2n) is 6.44. The van der Waals surface area contributed by atoms with Crippen LogP contribution < -0.4 is 10.6 Å². The molecule has 112 valence electrons. The van der Waals surface area contributed by atoms with Crippen LogP contribution in [0.5, 0.6) is 0 Å². The number of hydrogen-bond acceptors (Lipinski definition) is 2. The molecule has 1 fully saturated rings. The number of nitrogens with one attached hydrogen (secondary N) is 2. The van der Waals surface area contributed by atoms with Gasteiger partial charge < -0.3 is 10.6 Å². The van der Waals surface area contributed by atoms with Gasteiger partial charge in [-0.1, -0.05) is 42.7 Å². The fourth-order valence-electron chi connectivity index (χ4n) is 3.17. The van der Waals surface area contributed by atoms with Crippen LogP contribution in [0.3, 0.4) is 0 Å². The molecule has 20 heavy (non-hydrogen) atoms. The Bertz CT molecular complexity index is 377. The average molecular weight is 274 g/mol. The third kappa shape index (κ3) is 4.92. The van der Waals surface area contributed by atoms with E-state index in [0.717, 1.165) is 0 Å². The Hall–Kier alpha value is -0.860. The van der Waals surface area contributed by atoms with E-state index in [1.165, 1.54) is 49.8 Å². The summed E-state index contributed by atoms with van der Waals surface area (Å²) < 4.78 is 0. The second kappa shape index (κ2) is 7.80. The lowest BCUT2D eigenvalue weighted by atomic mass is 10.0. The standard InChI is InChI=1S/C18H30N2/c1-14-8-10-17(11-9-14)16(3)20-15(2)13-18-7-5-4-6-12-19-18/h8-11,15-16,18-20H,4-7,12-13H2,1-3H3/t15?,16-,18?/m1/s1. The number of rotatable bonds is 5. The van der Waals surface area contributed by atoms with Gasteiger partial charge in [0.25, 0.3) is 0 Å². The van der Waals surface area contributed by atoms with Gasteiger partial charge in [0.2, 0.25) is 0 Å². The van der Waals surface area contributed by atoms with Gasteiger partial charge in [-0.05, 0) is 52.1 Å². The maximum atomic E-state index is 3.74. The zero-order valence-electron chi connectivity index (χ0n) is 13.3. The molecule has 2 nitrogen and oxygen atoms in total. The van der Waals surface area contributed by atoms with Crippen LogP contribution >= 0.6 is 0 Å². The third-order valence-corrected chi connectivity index (χ3v) is 4.41. The van der Waals surface area contributed by atoms with Gasteiger partial charge in [0.05, 0.1) is 0 Å². The molecule has 1 aromatic rings. The summed E-state index contributed by atoms with van der Waals surface area (Å²) in [5.74, 6) is 0. The maximum Gasteiger partial charge on any atom is 0.0294 e. The van der Waals surface area contributed by atoms with Crippen LogP contribution in [0, 0.1) is 6.92 Å². The van der Waals surface area contributed by atoms with Crippen molar-refractivity contribution in [2.24, 2.45) is 0 Å². The maximum absolute atomic E-state index is 3.74. The first-order valence-electron chi connectivity index (χ1n) is 8.21. The SMILES string of the molecule is Cc1ccc([C@@H](C)NC(C)CC2CCCCCN2)cc1. The summed E-state index contributed by atoms with van der Waals surface area (Å²) in [5, 5.41) is 7.44. The lowest BCUT2D eigenvalue weighted by molar-refractivity contribution is 0.380. The van der Waals surface area contributed by atoms with Crippen LogP contribution in [-0.4, -0.2) is 18.6 Å². The molecule has 1 aliphatic rings. The molecule has 0 amide bonds. The summed E-state index contributed by atoms with van der Waals surface area (Å²) in [6.45, 7) is 7.92. The minimum atomic E-state index is 0.427. The van der Waals surface area contributed by atoms with Crippen LogP contribution in [0.15, 0.2) is 24.3 Å². The van der Waals surface area contributed by atoms with Gasteiger partial charge in [-0.2, -0.15) is 0 Å². The highest BCUT2D eigenvalue weighted by Gasteiger charge is 2.16. The Kier molecular flexibility index (Phi) is 6.06. The lowest BCUT2D eigenvalue weighted by Gasteiger charge is -2.25. The van der Waals surface area contributed by atoms with E-state index < -0.39 is 0 Å². The quantitative estimate of drug-likeness (QED) is 0.849. The fraction of sp³-hybridized carbons (Fsp3) is 0.667. The van der Waals surface area contributed by atoms with Gasteiger partial charge in [-0.3, -0.25) is 0 Å². The highest BCUT2D eigenvalue weighted by Crippen LogP contribution is 2.17. The van der Waals surface area contributed by atoms with E-state index in [4.69, 9.17) is 0 Å². The minimum Gasteiger partial charge on any atom is -0.314 e. The van der Waals surface area contributed by atoms with E-state index >= 15 is 0 Å². The Morgan fingerprint density at radius 1 is 1.15 bits per heavy atom. The van der Waals surface area contributed by atoms with Crippen molar-refractivity contribution in [3.05, 3.63) is 35.4 Å². The predicted octanol–water partition coefficient (Wildman–Crippen LogP) is 3.96. The molecule has 0 radical (unpaired) electrons. The largest absolute Gasteiger partial charge is 0.314 e. The number of aryl methyl sites for hydroxylation is 1. The molecule has 0 saturated carbocycles. The summed E-state index contributed by atoms with van der Waals surface area (Å²) in [4.78, 5) is 0. The van der Waals surface area contributed by atoms with Gasteiger partial charge in [0.15, 0.2) is 0 Å². The smallest absolute Gasteiger partial charge is 0.0294 e. The molecule has 1 saturated heterocycles. The van der Waals surface area contributed by atoms with E-state index in [1.807, 2.05) is 0 Å². The first kappa shape index (κ1) is 15.5. The van der Waals surface area contributed by atoms with Crippen LogP contribution in [0.4, 0.5) is 0 Å². The lowest BCUT2D eigenvalue weighted by Crippen LogP contribution is -2.37. The first-order chi connectivity index (χ1) is 9.65. The van der Waals surface area contributed by atoms with Crippen LogP contribution in [0.2, 0.25) is 0 Å². The molecule has 1 aromatic carbocycles. The van der Waals surface area contributed by atoms with Crippen molar-refractivity contribution in [3.63, 3.8) is 0 Å². The molecular formula is C18H30N2. The Morgan fingerprint density at radius 3 is 2.65 bits per heavy atom. The van der Waals surface area contributed by atoms with Crippen molar-refractivity contribution in [2.75, 3.05) is 6.54 Å². The molecule has 2 rings (SSSR count). The highest BCUT2D eigenvalue weighted by atomic mass is 15.0. The zero-order valence-corrected chi connectivity index (χ0v) is 13.3. The van der Waals surface area contributed by atoms with Gasteiger partial charge in [-0.15, -0.1) is 0 Å². The van der Waals surface area contributed by atoms with Gasteiger partial charge in [0.1, 0.15) is 0 Å². The predicted molar refractivity (Wildman–Crippen MR) is 87.1 cm³/mol. The summed E-state index contributed by atoms with van der Waals surface area (Å²) in [6.07, 6.45) is 6.70. The normalized spacial score (nSPS) is 23.1. The van der Waals surface area contributed by atoms with Crippen molar-refractivity contribution < 1.29 is 0 Å². The van der Waals surface area contributed by atoms with Crippen molar-refractivity contribution in [2.45, 2.75) is 71.0 Å². The van der Waals surface area contributed by atoms with Gasteiger partial charge >= 0.3 is 0 Å². The van der Waals surface area contributed by atoms with E-state index in [0.29, 0.717) is 18.1 Å². The van der Waals surface area contributed by atoms with Crippen LogP contribution in [0.1, 0.15) is 63.1 Å². The summed E-state index contributed by atoms with van der Waals surface area (Å²) in [5.41, 5.74) is 2.72. The van der Waals surface area contributed by atoms with E-state index in [9.17, 15) is 0 Å². The Labute approximate surface area is 124 Å². The molecule has 2 unspecified atom stereocenters. The monoisotopic (exact) mass is 274 g/mol. The average Bonchev–Trinajstić information content (AvgIpc) is 2.68. The van der Waals surface area contributed by atoms with E-state index in [2.05, 4.69) is 55.7 Å². The van der Waals surface area contributed by atoms with Crippen molar-refractivity contribution >= 4 is 0 Å². The summed E-state index contributed by atoms with van der Waals surface area (Å²) in [6, 6.07) is 10.6. The molecule has 0 aromatic heterocycles. The first-order valence-corrected chi connectivity index (χ1v) is 8.21. The number of benzene rings is 1. The molecule has 0 spiro atoms. The Morgan fingerprint density at radius 2 is 1.90 bits per heavy atom. The molecule has 0 aliphatic carbocycles. The van der Waals surface area contributed by atoms with Gasteiger partial charge in [0, 0.05) is 18.1 Å². The molecule has 2 heteroatoms. The number of hydrogen-bond donors (Lipinski definition) is 2. The van der Waals surface area contributed by atoms with Crippen molar-refractivity contribution in [1.82, 2.24) is 10.6 Å². The minimum absolute atomic E-state index is 0.427. The summed E-state index contributed by atoms with van der Waals surface area (Å²) >= 11 is 0. The van der Waals surface area contributed by atoms with E-state index in [-0.39, 0.29) is 0 Å². The Balaban J connectivity index is 1.80. The van der Waals surface area contributed by atoms with E-state index in [1.54, 1.807) is 0 Å². The molecule has 1 heterocycles. The molecule has 1 aliphatic heterocycles. The van der Waals surface area contributed by atoms with Crippen molar-refractivity contribution in [3.8, 4) is 0 Å². The van der Waals surface area contributed by atoms with Gasteiger partial charge in [-0.25, -0.2) is 0 Å². The molecule has 2 N–H and O–H groups in total. The zero-order chi connectivity index (χ0) is 14.4. The fourth-order valence-corrected chi connectivity index (χ4v) is 3.17. The van der Waals surface area contributed by atoms with Crippen molar-refractivity contribution in [1.29, 1.82) is 0 Å². The molecule has 0 bridgehead atoms. The molecule has 3 atom stereocenters. The van der Waals surface area contributed by atoms with Crippen LogP contribution in [0.25, 0.3) is 0 Å². The third-order valence-electron chi connectivity index (χ3n) is 4.41. The summed E-state index contributed by atoms with van der Waals surface area (Å²) in [7, 11) is 0.